The van der Waals surface area contributed by atoms with E-state index >= 15 is 0 Å². The third-order valence-corrected chi connectivity index (χ3v) is 4.26. The number of carbonyl (C=O) groups excluding carboxylic acids is 2. The molecule has 6 heteroatoms. The van der Waals surface area contributed by atoms with Gasteiger partial charge in [0.15, 0.2) is 0 Å². The molecule has 0 bridgehead atoms. The minimum atomic E-state index is -0.284. The van der Waals surface area contributed by atoms with Crippen molar-refractivity contribution in [2.75, 3.05) is 16.8 Å². The molecule has 0 atom stereocenters. The standard InChI is InChI=1S/C17H14Cl2N2O2/c18-12-5-8-14(19)15(10-12)20-17(23)11-3-6-13(7-4-11)21-9-1-2-16(21)22/h3-8,10H,1-2,9H2,(H,20,23). The van der Waals surface area contributed by atoms with Gasteiger partial charge in [-0.1, -0.05) is 23.2 Å². The van der Waals surface area contributed by atoms with E-state index in [-0.39, 0.29) is 11.8 Å². The maximum absolute atomic E-state index is 12.3. The highest BCUT2D eigenvalue weighted by atomic mass is 35.5. The molecule has 23 heavy (non-hydrogen) atoms. The first-order chi connectivity index (χ1) is 11.0. The van der Waals surface area contributed by atoms with Gasteiger partial charge in [0, 0.05) is 29.2 Å². The predicted molar refractivity (Wildman–Crippen MR) is 92.4 cm³/mol. The van der Waals surface area contributed by atoms with Gasteiger partial charge in [-0.05, 0) is 48.9 Å². The summed E-state index contributed by atoms with van der Waals surface area (Å²) in [4.78, 5) is 25.7. The van der Waals surface area contributed by atoms with Gasteiger partial charge >= 0.3 is 0 Å². The lowest BCUT2D eigenvalue weighted by molar-refractivity contribution is -0.117. The smallest absolute Gasteiger partial charge is 0.255 e. The van der Waals surface area contributed by atoms with Gasteiger partial charge < -0.3 is 10.2 Å². The van der Waals surface area contributed by atoms with Crippen LogP contribution in [0.5, 0.6) is 0 Å². The molecule has 0 aromatic heterocycles. The largest absolute Gasteiger partial charge is 0.321 e. The molecule has 118 valence electrons. The van der Waals surface area contributed by atoms with Gasteiger partial charge in [-0.15, -0.1) is 0 Å². The van der Waals surface area contributed by atoms with Gasteiger partial charge in [0.1, 0.15) is 0 Å². The molecule has 1 aliphatic rings. The Bertz CT molecular complexity index is 760. The van der Waals surface area contributed by atoms with Crippen molar-refractivity contribution in [3.63, 3.8) is 0 Å². The topological polar surface area (TPSA) is 49.4 Å². The van der Waals surface area contributed by atoms with E-state index in [1.165, 1.54) is 0 Å². The average Bonchev–Trinajstić information content (AvgIpc) is 2.97. The lowest BCUT2D eigenvalue weighted by Gasteiger charge is -2.16. The number of nitrogens with one attached hydrogen (secondary N) is 1. The number of hydrogen-bond donors (Lipinski definition) is 1. The SMILES string of the molecule is O=C(Nc1cc(Cl)ccc1Cl)c1ccc(N2CCCC2=O)cc1. The van der Waals surface area contributed by atoms with Crippen LogP contribution in [0.25, 0.3) is 0 Å². The molecule has 1 aliphatic heterocycles. The first kappa shape index (κ1) is 15.8. The van der Waals surface area contributed by atoms with E-state index in [0.717, 1.165) is 18.7 Å². The van der Waals surface area contributed by atoms with Crippen LogP contribution in [-0.4, -0.2) is 18.4 Å². The van der Waals surface area contributed by atoms with Crippen molar-refractivity contribution >= 4 is 46.4 Å². The fourth-order valence-electron chi connectivity index (χ4n) is 2.50. The molecule has 1 fully saturated rings. The fraction of sp³-hybridized carbons (Fsp3) is 0.176. The zero-order valence-electron chi connectivity index (χ0n) is 12.2. The molecule has 0 radical (unpaired) electrons. The molecule has 2 aromatic carbocycles. The number of amides is 2. The summed E-state index contributed by atoms with van der Waals surface area (Å²) in [7, 11) is 0. The van der Waals surface area contributed by atoms with E-state index in [4.69, 9.17) is 23.2 Å². The summed E-state index contributed by atoms with van der Waals surface area (Å²) in [6, 6.07) is 11.8. The molecule has 2 amide bonds. The van der Waals surface area contributed by atoms with Crippen molar-refractivity contribution in [1.82, 2.24) is 0 Å². The molecule has 1 heterocycles. The van der Waals surface area contributed by atoms with Crippen LogP contribution in [0.2, 0.25) is 10.0 Å². The zero-order valence-corrected chi connectivity index (χ0v) is 13.7. The van der Waals surface area contributed by atoms with Crippen LogP contribution in [0.4, 0.5) is 11.4 Å². The third-order valence-electron chi connectivity index (χ3n) is 3.69. The number of hydrogen-bond acceptors (Lipinski definition) is 2. The van der Waals surface area contributed by atoms with E-state index in [1.54, 1.807) is 47.4 Å². The van der Waals surface area contributed by atoms with E-state index in [2.05, 4.69) is 5.32 Å². The Kier molecular flexibility index (Phi) is 4.55. The summed E-state index contributed by atoms with van der Waals surface area (Å²) in [6.07, 6.45) is 1.45. The summed E-state index contributed by atoms with van der Waals surface area (Å²) in [5.74, 6) is -0.165. The highest BCUT2D eigenvalue weighted by Gasteiger charge is 2.21. The van der Waals surface area contributed by atoms with Crippen molar-refractivity contribution < 1.29 is 9.59 Å². The van der Waals surface area contributed by atoms with Gasteiger partial charge in [-0.3, -0.25) is 9.59 Å². The molecular weight excluding hydrogens is 335 g/mol. The van der Waals surface area contributed by atoms with Crippen LogP contribution in [-0.2, 0) is 4.79 Å². The Morgan fingerprint density at radius 1 is 1.09 bits per heavy atom. The molecule has 0 saturated carbocycles. The van der Waals surface area contributed by atoms with Crippen molar-refractivity contribution in [2.24, 2.45) is 0 Å². The number of carbonyl (C=O) groups is 2. The second-order valence-corrected chi connectivity index (χ2v) is 6.12. The predicted octanol–water partition coefficient (Wildman–Crippen LogP) is 4.37. The summed E-state index contributed by atoms with van der Waals surface area (Å²) in [5.41, 5.74) is 1.75. The zero-order chi connectivity index (χ0) is 16.4. The maximum Gasteiger partial charge on any atom is 0.255 e. The van der Waals surface area contributed by atoms with Crippen LogP contribution >= 0.6 is 23.2 Å². The lowest BCUT2D eigenvalue weighted by atomic mass is 10.1. The average molecular weight is 349 g/mol. The second-order valence-electron chi connectivity index (χ2n) is 5.27. The van der Waals surface area contributed by atoms with Crippen LogP contribution < -0.4 is 10.2 Å². The Labute approximate surface area is 144 Å². The molecule has 2 aromatic rings. The van der Waals surface area contributed by atoms with Gasteiger partial charge in [0.25, 0.3) is 5.91 Å². The first-order valence-electron chi connectivity index (χ1n) is 7.21. The summed E-state index contributed by atoms with van der Waals surface area (Å²) in [6.45, 7) is 0.725. The minimum Gasteiger partial charge on any atom is -0.321 e. The van der Waals surface area contributed by atoms with Crippen molar-refractivity contribution in [2.45, 2.75) is 12.8 Å². The molecule has 1 saturated heterocycles. The highest BCUT2D eigenvalue weighted by molar-refractivity contribution is 6.35. The van der Waals surface area contributed by atoms with E-state index in [1.807, 2.05) is 0 Å². The second kappa shape index (κ2) is 6.60. The van der Waals surface area contributed by atoms with Crippen LogP contribution in [0.1, 0.15) is 23.2 Å². The molecule has 4 nitrogen and oxygen atoms in total. The molecule has 0 unspecified atom stereocenters. The normalized spacial score (nSPS) is 14.2. The Morgan fingerprint density at radius 3 is 2.48 bits per heavy atom. The number of nitrogens with zero attached hydrogens (tertiary/aromatic N) is 1. The minimum absolute atomic E-state index is 0.118. The first-order valence-corrected chi connectivity index (χ1v) is 7.97. The van der Waals surface area contributed by atoms with Crippen molar-refractivity contribution in [3.8, 4) is 0 Å². The number of halogens is 2. The van der Waals surface area contributed by atoms with Crippen LogP contribution in [0, 0.1) is 0 Å². The van der Waals surface area contributed by atoms with Gasteiger partial charge in [0.05, 0.1) is 10.7 Å². The van der Waals surface area contributed by atoms with Crippen molar-refractivity contribution in [1.29, 1.82) is 0 Å². The molecule has 3 rings (SSSR count). The fourth-order valence-corrected chi connectivity index (χ4v) is 2.84. The number of benzene rings is 2. The summed E-state index contributed by atoms with van der Waals surface area (Å²) < 4.78 is 0. The summed E-state index contributed by atoms with van der Waals surface area (Å²) >= 11 is 11.9. The third kappa shape index (κ3) is 3.49. The summed E-state index contributed by atoms with van der Waals surface area (Å²) in [5, 5.41) is 3.64. The maximum atomic E-state index is 12.3. The monoisotopic (exact) mass is 348 g/mol. The van der Waals surface area contributed by atoms with E-state index in [0.29, 0.717) is 27.7 Å². The van der Waals surface area contributed by atoms with Crippen LogP contribution in [0.3, 0.4) is 0 Å². The number of rotatable bonds is 3. The highest BCUT2D eigenvalue weighted by Crippen LogP contribution is 2.26. The molecular formula is C17H14Cl2N2O2. The lowest BCUT2D eigenvalue weighted by Crippen LogP contribution is -2.23. The van der Waals surface area contributed by atoms with E-state index in [9.17, 15) is 9.59 Å². The quantitative estimate of drug-likeness (QED) is 0.894. The number of anilines is 2. The Morgan fingerprint density at radius 2 is 1.83 bits per heavy atom. The van der Waals surface area contributed by atoms with Crippen molar-refractivity contribution in [3.05, 3.63) is 58.1 Å². The van der Waals surface area contributed by atoms with Gasteiger partial charge in [-0.2, -0.15) is 0 Å². The van der Waals surface area contributed by atoms with Crippen LogP contribution in [0.15, 0.2) is 42.5 Å². The van der Waals surface area contributed by atoms with Gasteiger partial charge in [0.2, 0.25) is 5.91 Å². The molecule has 1 N–H and O–H groups in total. The Hall–Kier alpha value is -2.04. The molecule has 0 aliphatic carbocycles. The molecule has 0 spiro atoms. The Balaban J connectivity index is 1.75. The van der Waals surface area contributed by atoms with E-state index < -0.39 is 0 Å². The van der Waals surface area contributed by atoms with Gasteiger partial charge in [-0.25, -0.2) is 0 Å².